The van der Waals surface area contributed by atoms with Crippen molar-refractivity contribution in [2.45, 2.75) is 37.3 Å². The minimum atomic E-state index is -1.38. The molecule has 1 aliphatic heterocycles. The van der Waals surface area contributed by atoms with Crippen molar-refractivity contribution in [2.75, 3.05) is 13.7 Å². The van der Waals surface area contributed by atoms with E-state index in [0.717, 1.165) is 5.56 Å². The maximum atomic E-state index is 12.3. The Balaban J connectivity index is 1.59. The van der Waals surface area contributed by atoms with Crippen LogP contribution < -0.4 is 0 Å². The first kappa shape index (κ1) is 20.4. The van der Waals surface area contributed by atoms with Crippen molar-refractivity contribution in [1.29, 1.82) is 0 Å². The molecular formula is C21H24O7. The summed E-state index contributed by atoms with van der Waals surface area (Å²) in [5, 5.41) is 20.9. The van der Waals surface area contributed by atoms with E-state index in [-0.39, 0.29) is 6.61 Å². The molecule has 7 heteroatoms. The molecule has 150 valence electrons. The summed E-state index contributed by atoms with van der Waals surface area (Å²) < 4.78 is 21.8. The van der Waals surface area contributed by atoms with Gasteiger partial charge in [-0.3, -0.25) is 0 Å². The molecule has 2 N–H and O–H groups in total. The van der Waals surface area contributed by atoms with E-state index < -0.39 is 36.7 Å². The Kier molecular flexibility index (Phi) is 7.13. The van der Waals surface area contributed by atoms with Crippen LogP contribution in [0, 0.1) is 0 Å². The number of hydrogen-bond acceptors (Lipinski definition) is 7. The third kappa shape index (κ3) is 4.95. The number of ether oxygens (including phenoxy) is 4. The molecule has 28 heavy (non-hydrogen) atoms. The monoisotopic (exact) mass is 388 g/mol. The maximum absolute atomic E-state index is 12.3. The zero-order valence-electron chi connectivity index (χ0n) is 15.5. The number of carbonyl (C=O) groups is 1. The highest BCUT2D eigenvalue weighted by Crippen LogP contribution is 2.25. The normalized spacial score (nSPS) is 27.3. The largest absolute Gasteiger partial charge is 0.450 e. The van der Waals surface area contributed by atoms with E-state index in [1.165, 1.54) is 7.11 Å². The van der Waals surface area contributed by atoms with E-state index in [2.05, 4.69) is 0 Å². The minimum Gasteiger partial charge on any atom is -0.450 e. The topological polar surface area (TPSA) is 94.5 Å². The molecule has 1 fully saturated rings. The molecule has 1 saturated heterocycles. The van der Waals surface area contributed by atoms with Gasteiger partial charge >= 0.3 is 5.97 Å². The van der Waals surface area contributed by atoms with E-state index in [0.29, 0.717) is 12.2 Å². The molecule has 0 aliphatic carbocycles. The third-order valence-corrected chi connectivity index (χ3v) is 4.52. The first-order valence-corrected chi connectivity index (χ1v) is 9.02. The molecule has 0 saturated carbocycles. The van der Waals surface area contributed by atoms with Crippen molar-refractivity contribution in [3.63, 3.8) is 0 Å². The summed E-state index contributed by atoms with van der Waals surface area (Å²) in [7, 11) is 1.38. The molecule has 0 unspecified atom stereocenters. The molecule has 0 bridgehead atoms. The van der Waals surface area contributed by atoms with Crippen LogP contribution in [0.1, 0.15) is 15.9 Å². The quantitative estimate of drug-likeness (QED) is 0.695. The van der Waals surface area contributed by atoms with Crippen molar-refractivity contribution in [3.05, 3.63) is 71.8 Å². The number of methoxy groups -OCH3 is 1. The molecular weight excluding hydrogens is 364 g/mol. The fourth-order valence-electron chi connectivity index (χ4n) is 2.99. The summed E-state index contributed by atoms with van der Waals surface area (Å²) in [4.78, 5) is 12.3. The fourth-order valence-corrected chi connectivity index (χ4v) is 2.99. The second-order valence-electron chi connectivity index (χ2n) is 6.50. The van der Waals surface area contributed by atoms with Gasteiger partial charge in [0.15, 0.2) is 12.4 Å². The van der Waals surface area contributed by atoms with Gasteiger partial charge in [-0.05, 0) is 17.7 Å². The van der Waals surface area contributed by atoms with Crippen LogP contribution in [0.3, 0.4) is 0 Å². The smallest absolute Gasteiger partial charge is 0.338 e. The van der Waals surface area contributed by atoms with Crippen molar-refractivity contribution in [2.24, 2.45) is 0 Å². The van der Waals surface area contributed by atoms with Gasteiger partial charge in [0.05, 0.1) is 18.8 Å². The summed E-state index contributed by atoms with van der Waals surface area (Å²) in [5.74, 6) is -0.638. The zero-order valence-corrected chi connectivity index (χ0v) is 15.5. The summed E-state index contributed by atoms with van der Waals surface area (Å²) in [6.45, 7) is 0.389. The Labute approximate surface area is 163 Å². The average Bonchev–Trinajstić information content (AvgIpc) is 2.74. The highest BCUT2D eigenvalue weighted by Gasteiger charge is 2.47. The second kappa shape index (κ2) is 9.77. The van der Waals surface area contributed by atoms with Crippen LogP contribution in [0.25, 0.3) is 0 Å². The third-order valence-electron chi connectivity index (χ3n) is 4.52. The van der Waals surface area contributed by atoms with Gasteiger partial charge in [-0.1, -0.05) is 48.5 Å². The standard InChI is InChI=1S/C21H24O7/c1-25-21-19(28-20(24)15-10-6-3-7-11-15)18(23)17(22)16(27-21)13-26-12-14-8-4-2-5-9-14/h2-11,16-19,21-23H,12-13H2,1H3/t16-,17+,18+,19-,21+/m1/s1. The Morgan fingerprint density at radius 3 is 2.29 bits per heavy atom. The number of hydrogen-bond donors (Lipinski definition) is 2. The van der Waals surface area contributed by atoms with Crippen LogP contribution in [0.5, 0.6) is 0 Å². The lowest BCUT2D eigenvalue weighted by Gasteiger charge is -2.41. The number of esters is 1. The molecule has 0 radical (unpaired) electrons. The number of aliphatic hydroxyl groups excluding tert-OH is 2. The highest BCUT2D eigenvalue weighted by molar-refractivity contribution is 5.89. The number of carbonyl (C=O) groups excluding carboxylic acids is 1. The molecule has 7 nitrogen and oxygen atoms in total. The Hall–Kier alpha value is -2.29. The summed E-state index contributed by atoms with van der Waals surface area (Å²) in [5.41, 5.74) is 1.30. The van der Waals surface area contributed by atoms with Gasteiger partial charge < -0.3 is 29.2 Å². The molecule has 2 aromatic rings. The van der Waals surface area contributed by atoms with Crippen molar-refractivity contribution >= 4 is 5.97 Å². The first-order valence-electron chi connectivity index (χ1n) is 9.02. The van der Waals surface area contributed by atoms with E-state index in [1.54, 1.807) is 30.3 Å². The molecule has 5 atom stereocenters. The van der Waals surface area contributed by atoms with Crippen LogP contribution in [0.4, 0.5) is 0 Å². The van der Waals surface area contributed by atoms with Gasteiger partial charge in [0.25, 0.3) is 0 Å². The van der Waals surface area contributed by atoms with Crippen molar-refractivity contribution in [1.82, 2.24) is 0 Å². The van der Waals surface area contributed by atoms with Crippen LogP contribution in [-0.2, 0) is 25.6 Å². The van der Waals surface area contributed by atoms with Crippen LogP contribution in [-0.4, -0.2) is 60.6 Å². The maximum Gasteiger partial charge on any atom is 0.338 e. The summed E-state index contributed by atoms with van der Waals surface area (Å²) >= 11 is 0. The molecule has 0 aromatic heterocycles. The predicted octanol–water partition coefficient (Wildman–Crippen LogP) is 1.52. The van der Waals surface area contributed by atoms with Gasteiger partial charge in [0.1, 0.15) is 18.3 Å². The summed E-state index contributed by atoms with van der Waals surface area (Å²) in [6.07, 6.45) is -5.70. The van der Waals surface area contributed by atoms with E-state index >= 15 is 0 Å². The predicted molar refractivity (Wildman–Crippen MR) is 99.4 cm³/mol. The van der Waals surface area contributed by atoms with E-state index in [4.69, 9.17) is 18.9 Å². The highest BCUT2D eigenvalue weighted by atomic mass is 16.7. The van der Waals surface area contributed by atoms with Gasteiger partial charge in [-0.2, -0.15) is 0 Å². The molecule has 1 aliphatic rings. The minimum absolute atomic E-state index is 0.0479. The number of aliphatic hydroxyl groups is 2. The molecule has 3 rings (SSSR count). The van der Waals surface area contributed by atoms with Gasteiger partial charge in [-0.25, -0.2) is 4.79 Å². The van der Waals surface area contributed by atoms with Crippen LogP contribution >= 0.6 is 0 Å². The van der Waals surface area contributed by atoms with Crippen molar-refractivity contribution in [3.8, 4) is 0 Å². The van der Waals surface area contributed by atoms with Gasteiger partial charge in [0.2, 0.25) is 0 Å². The van der Waals surface area contributed by atoms with E-state index in [9.17, 15) is 15.0 Å². The van der Waals surface area contributed by atoms with Crippen LogP contribution in [0.2, 0.25) is 0 Å². The van der Waals surface area contributed by atoms with E-state index in [1.807, 2.05) is 30.3 Å². The fraction of sp³-hybridized carbons (Fsp3) is 0.381. The summed E-state index contributed by atoms with van der Waals surface area (Å²) in [6, 6.07) is 17.9. The lowest BCUT2D eigenvalue weighted by molar-refractivity contribution is -0.295. The number of rotatable bonds is 7. The van der Waals surface area contributed by atoms with Crippen molar-refractivity contribution < 1.29 is 34.0 Å². The molecule has 0 spiro atoms. The first-order chi connectivity index (χ1) is 13.6. The number of benzene rings is 2. The lowest BCUT2D eigenvalue weighted by Crippen LogP contribution is -2.60. The average molecular weight is 388 g/mol. The Bertz CT molecular complexity index is 735. The van der Waals surface area contributed by atoms with Crippen LogP contribution in [0.15, 0.2) is 60.7 Å². The van der Waals surface area contributed by atoms with Gasteiger partial charge in [-0.15, -0.1) is 0 Å². The molecule has 1 heterocycles. The Morgan fingerprint density at radius 2 is 1.64 bits per heavy atom. The molecule has 2 aromatic carbocycles. The lowest BCUT2D eigenvalue weighted by atomic mass is 9.99. The second-order valence-corrected chi connectivity index (χ2v) is 6.50. The molecule has 0 amide bonds. The Morgan fingerprint density at radius 1 is 1.00 bits per heavy atom. The zero-order chi connectivity index (χ0) is 19.9. The van der Waals surface area contributed by atoms with Gasteiger partial charge in [0, 0.05) is 7.11 Å². The SMILES string of the molecule is CO[C@H]1O[C@H](COCc2ccccc2)[C@H](O)[C@H](O)[C@H]1OC(=O)c1ccccc1.